The summed E-state index contributed by atoms with van der Waals surface area (Å²) in [6.07, 6.45) is 1.51. The zero-order chi connectivity index (χ0) is 11.9. The SMILES string of the molecule is CC1C(=O)N(c2ncccc2N)C(=O)C1C. The molecule has 2 heterocycles. The lowest BCUT2D eigenvalue weighted by Crippen LogP contribution is -2.32. The van der Waals surface area contributed by atoms with Crippen LogP contribution in [0.4, 0.5) is 11.5 Å². The molecule has 2 amide bonds. The second-order valence-electron chi connectivity index (χ2n) is 4.01. The summed E-state index contributed by atoms with van der Waals surface area (Å²) in [7, 11) is 0. The van der Waals surface area contributed by atoms with Crippen molar-refractivity contribution in [3.05, 3.63) is 18.3 Å². The first-order valence-corrected chi connectivity index (χ1v) is 5.12. The zero-order valence-electron chi connectivity index (χ0n) is 9.18. The van der Waals surface area contributed by atoms with E-state index in [2.05, 4.69) is 4.98 Å². The molecule has 2 rings (SSSR count). The van der Waals surface area contributed by atoms with E-state index < -0.39 is 0 Å². The quantitative estimate of drug-likeness (QED) is 0.709. The highest BCUT2D eigenvalue weighted by atomic mass is 16.2. The molecule has 2 unspecified atom stereocenters. The van der Waals surface area contributed by atoms with Gasteiger partial charge in [0.25, 0.3) is 0 Å². The summed E-state index contributed by atoms with van der Waals surface area (Å²) in [5.41, 5.74) is 6.05. The smallest absolute Gasteiger partial charge is 0.238 e. The van der Waals surface area contributed by atoms with E-state index in [1.807, 2.05) is 0 Å². The van der Waals surface area contributed by atoms with Crippen LogP contribution in [0.2, 0.25) is 0 Å². The van der Waals surface area contributed by atoms with E-state index in [0.717, 1.165) is 4.90 Å². The molecule has 1 aliphatic heterocycles. The van der Waals surface area contributed by atoms with E-state index in [9.17, 15) is 9.59 Å². The molecular formula is C11H13N3O2. The fraction of sp³-hybridized carbons (Fsp3) is 0.364. The van der Waals surface area contributed by atoms with Gasteiger partial charge in [0, 0.05) is 18.0 Å². The average Bonchev–Trinajstić information content (AvgIpc) is 2.45. The molecule has 0 radical (unpaired) electrons. The molecule has 1 saturated heterocycles. The Morgan fingerprint density at radius 1 is 1.25 bits per heavy atom. The number of nitrogen functional groups attached to an aromatic ring is 1. The molecule has 0 saturated carbocycles. The lowest BCUT2D eigenvalue weighted by molar-refractivity contribution is -0.122. The Labute approximate surface area is 93.3 Å². The number of hydrogen-bond acceptors (Lipinski definition) is 4. The minimum atomic E-state index is -0.311. The van der Waals surface area contributed by atoms with Crippen LogP contribution in [0.25, 0.3) is 0 Å². The average molecular weight is 219 g/mol. The maximum absolute atomic E-state index is 11.9. The van der Waals surface area contributed by atoms with Crippen molar-refractivity contribution in [1.29, 1.82) is 0 Å². The number of hydrogen-bond donors (Lipinski definition) is 1. The maximum Gasteiger partial charge on any atom is 0.238 e. The van der Waals surface area contributed by atoms with Gasteiger partial charge in [0.15, 0.2) is 5.82 Å². The Morgan fingerprint density at radius 2 is 1.81 bits per heavy atom. The van der Waals surface area contributed by atoms with E-state index in [0.29, 0.717) is 5.69 Å². The van der Waals surface area contributed by atoms with Crippen molar-refractivity contribution in [3.63, 3.8) is 0 Å². The van der Waals surface area contributed by atoms with Crippen LogP contribution in [0.3, 0.4) is 0 Å². The van der Waals surface area contributed by atoms with Crippen molar-refractivity contribution in [2.75, 3.05) is 10.6 Å². The zero-order valence-corrected chi connectivity index (χ0v) is 9.18. The topological polar surface area (TPSA) is 76.3 Å². The second kappa shape index (κ2) is 3.59. The van der Waals surface area contributed by atoms with Crippen molar-refractivity contribution >= 4 is 23.3 Å². The van der Waals surface area contributed by atoms with Gasteiger partial charge in [-0.1, -0.05) is 13.8 Å². The van der Waals surface area contributed by atoms with E-state index >= 15 is 0 Å². The number of aromatic nitrogens is 1. The Bertz CT molecular complexity index is 438. The number of pyridine rings is 1. The van der Waals surface area contributed by atoms with E-state index in [-0.39, 0.29) is 29.5 Å². The molecule has 2 atom stereocenters. The molecular weight excluding hydrogens is 206 g/mol. The molecule has 1 aromatic rings. The molecule has 1 aliphatic rings. The summed E-state index contributed by atoms with van der Waals surface area (Å²) in [4.78, 5) is 28.9. The number of nitrogens with zero attached hydrogens (tertiary/aromatic N) is 2. The van der Waals surface area contributed by atoms with Gasteiger partial charge in [0.05, 0.1) is 5.69 Å². The highest BCUT2D eigenvalue weighted by Gasteiger charge is 2.44. The van der Waals surface area contributed by atoms with Gasteiger partial charge >= 0.3 is 0 Å². The lowest BCUT2D eigenvalue weighted by Gasteiger charge is -2.14. The number of carbonyl (C=O) groups excluding carboxylic acids is 2. The van der Waals surface area contributed by atoms with Gasteiger partial charge < -0.3 is 5.73 Å². The molecule has 0 spiro atoms. The number of amides is 2. The lowest BCUT2D eigenvalue weighted by atomic mass is 10.00. The Hall–Kier alpha value is -1.91. The van der Waals surface area contributed by atoms with Gasteiger partial charge in [-0.2, -0.15) is 0 Å². The third-order valence-electron chi connectivity index (χ3n) is 3.00. The summed E-state index contributed by atoms with van der Waals surface area (Å²) in [6.45, 7) is 3.48. The maximum atomic E-state index is 11.9. The number of anilines is 2. The third kappa shape index (κ3) is 1.36. The van der Waals surface area contributed by atoms with Crippen LogP contribution >= 0.6 is 0 Å². The number of nitrogens with two attached hydrogens (primary N) is 1. The molecule has 16 heavy (non-hydrogen) atoms. The van der Waals surface area contributed by atoms with E-state index in [1.165, 1.54) is 6.20 Å². The van der Waals surface area contributed by atoms with Crippen molar-refractivity contribution < 1.29 is 9.59 Å². The van der Waals surface area contributed by atoms with Crippen molar-refractivity contribution in [2.24, 2.45) is 11.8 Å². The summed E-state index contributed by atoms with van der Waals surface area (Å²) in [5, 5.41) is 0. The second-order valence-corrected chi connectivity index (χ2v) is 4.01. The highest BCUT2D eigenvalue weighted by molar-refractivity contribution is 6.22. The van der Waals surface area contributed by atoms with Crippen LogP contribution in [-0.4, -0.2) is 16.8 Å². The van der Waals surface area contributed by atoms with Gasteiger partial charge in [-0.15, -0.1) is 0 Å². The van der Waals surface area contributed by atoms with Gasteiger partial charge in [-0.3, -0.25) is 9.59 Å². The van der Waals surface area contributed by atoms with Gasteiger partial charge in [0.1, 0.15) is 0 Å². The van der Waals surface area contributed by atoms with Gasteiger partial charge in [0.2, 0.25) is 11.8 Å². The molecule has 1 fully saturated rings. The standard InChI is InChI=1S/C11H13N3O2/c1-6-7(2)11(16)14(10(6)15)9-8(12)4-3-5-13-9/h3-7H,12H2,1-2H3. The normalized spacial score (nSPS) is 25.2. The first-order valence-electron chi connectivity index (χ1n) is 5.12. The Morgan fingerprint density at radius 3 is 2.31 bits per heavy atom. The Kier molecular flexibility index (Phi) is 2.38. The first-order chi connectivity index (χ1) is 7.54. The van der Waals surface area contributed by atoms with Crippen LogP contribution in [0.1, 0.15) is 13.8 Å². The molecule has 0 aromatic carbocycles. The number of carbonyl (C=O) groups is 2. The Balaban J connectivity index is 2.47. The monoisotopic (exact) mass is 219 g/mol. The van der Waals surface area contributed by atoms with Crippen LogP contribution in [0, 0.1) is 11.8 Å². The molecule has 5 heteroatoms. The minimum Gasteiger partial charge on any atom is -0.396 e. The molecule has 1 aromatic heterocycles. The number of imide groups is 1. The number of rotatable bonds is 1. The van der Waals surface area contributed by atoms with Crippen molar-refractivity contribution in [2.45, 2.75) is 13.8 Å². The fourth-order valence-electron chi connectivity index (χ4n) is 1.75. The third-order valence-corrected chi connectivity index (χ3v) is 3.00. The van der Waals surface area contributed by atoms with Crippen LogP contribution in [0.15, 0.2) is 18.3 Å². The van der Waals surface area contributed by atoms with Crippen LogP contribution in [0.5, 0.6) is 0 Å². The predicted octanol–water partition coefficient (Wildman–Crippen LogP) is 0.809. The summed E-state index contributed by atoms with van der Waals surface area (Å²) >= 11 is 0. The summed E-state index contributed by atoms with van der Waals surface area (Å²) in [6, 6.07) is 3.28. The van der Waals surface area contributed by atoms with E-state index in [4.69, 9.17) is 5.73 Å². The molecule has 84 valence electrons. The van der Waals surface area contributed by atoms with E-state index in [1.54, 1.807) is 26.0 Å². The highest BCUT2D eigenvalue weighted by Crippen LogP contribution is 2.31. The van der Waals surface area contributed by atoms with Crippen molar-refractivity contribution in [1.82, 2.24) is 4.98 Å². The molecule has 2 N–H and O–H groups in total. The molecule has 0 bridgehead atoms. The largest absolute Gasteiger partial charge is 0.396 e. The van der Waals surface area contributed by atoms with Gasteiger partial charge in [-0.25, -0.2) is 9.88 Å². The first kappa shape index (κ1) is 10.6. The van der Waals surface area contributed by atoms with Crippen molar-refractivity contribution in [3.8, 4) is 0 Å². The minimum absolute atomic E-state index is 0.233. The van der Waals surface area contributed by atoms with Gasteiger partial charge in [-0.05, 0) is 12.1 Å². The summed E-state index contributed by atoms with van der Waals surface area (Å²) in [5.74, 6) is -0.845. The molecule has 5 nitrogen and oxygen atoms in total. The predicted molar refractivity (Wildman–Crippen MR) is 59.5 cm³/mol. The fourth-order valence-corrected chi connectivity index (χ4v) is 1.75. The van der Waals surface area contributed by atoms with Crippen LogP contribution in [-0.2, 0) is 9.59 Å². The molecule has 0 aliphatic carbocycles. The summed E-state index contributed by atoms with van der Waals surface area (Å²) < 4.78 is 0. The van der Waals surface area contributed by atoms with Crippen LogP contribution < -0.4 is 10.6 Å².